The van der Waals surface area contributed by atoms with E-state index in [0.717, 1.165) is 12.8 Å². The van der Waals surface area contributed by atoms with Crippen molar-refractivity contribution in [2.45, 2.75) is 32.7 Å². The Morgan fingerprint density at radius 2 is 2.33 bits per heavy atom. The smallest absolute Gasteiger partial charge is 0.270 e. The molecule has 1 amide bonds. The predicted octanol–water partition coefficient (Wildman–Crippen LogP) is 1.09. The minimum Gasteiger partial charge on any atom is -0.409 e. The van der Waals surface area contributed by atoms with Crippen LogP contribution in [0.1, 0.15) is 42.7 Å². The average molecular weight is 250 g/mol. The number of aromatic nitrogens is 1. The second-order valence-electron chi connectivity index (χ2n) is 4.08. The highest BCUT2D eigenvalue weighted by Gasteiger charge is 2.10. The summed E-state index contributed by atoms with van der Waals surface area (Å²) in [4.78, 5) is 15.8. The van der Waals surface area contributed by atoms with E-state index in [1.54, 1.807) is 12.1 Å². The summed E-state index contributed by atoms with van der Waals surface area (Å²) in [5.74, 6) is -0.254. The molecule has 0 aromatic carbocycles. The molecule has 4 N–H and O–H groups in total. The molecule has 0 saturated heterocycles. The van der Waals surface area contributed by atoms with Crippen LogP contribution in [0.2, 0.25) is 0 Å². The number of nitrogens with one attached hydrogen (secondary N) is 1. The van der Waals surface area contributed by atoms with E-state index in [9.17, 15) is 4.79 Å². The molecule has 6 heteroatoms. The van der Waals surface area contributed by atoms with Gasteiger partial charge in [-0.25, -0.2) is 0 Å². The summed E-state index contributed by atoms with van der Waals surface area (Å²) in [6.45, 7) is 4.01. The lowest BCUT2D eigenvalue weighted by atomic mass is 10.2. The Morgan fingerprint density at radius 3 is 2.83 bits per heavy atom. The first-order valence-electron chi connectivity index (χ1n) is 5.83. The van der Waals surface area contributed by atoms with Crippen LogP contribution in [-0.4, -0.2) is 28.0 Å². The van der Waals surface area contributed by atoms with Crippen molar-refractivity contribution in [1.82, 2.24) is 10.3 Å². The molecule has 1 atom stereocenters. The van der Waals surface area contributed by atoms with Crippen molar-refractivity contribution in [1.29, 1.82) is 0 Å². The summed E-state index contributed by atoms with van der Waals surface area (Å²) < 4.78 is 0. The third kappa shape index (κ3) is 3.73. The normalized spacial score (nSPS) is 13.1. The Kier molecular flexibility index (Phi) is 5.10. The molecule has 0 fully saturated rings. The number of nitrogens with zero attached hydrogens (tertiary/aromatic N) is 2. The molecular formula is C12H18N4O2. The van der Waals surface area contributed by atoms with E-state index in [1.165, 1.54) is 6.20 Å². The summed E-state index contributed by atoms with van der Waals surface area (Å²) in [5.41, 5.74) is 6.18. The van der Waals surface area contributed by atoms with Crippen molar-refractivity contribution in [3.63, 3.8) is 0 Å². The number of amides is 1. The lowest BCUT2D eigenvalue weighted by Crippen LogP contribution is -2.33. The van der Waals surface area contributed by atoms with Crippen molar-refractivity contribution in [2.24, 2.45) is 10.9 Å². The predicted molar refractivity (Wildman–Crippen MR) is 68.6 cm³/mol. The van der Waals surface area contributed by atoms with Crippen LogP contribution in [0.4, 0.5) is 0 Å². The zero-order chi connectivity index (χ0) is 13.5. The van der Waals surface area contributed by atoms with Crippen LogP contribution >= 0.6 is 0 Å². The largest absolute Gasteiger partial charge is 0.409 e. The first-order valence-corrected chi connectivity index (χ1v) is 5.83. The van der Waals surface area contributed by atoms with Gasteiger partial charge < -0.3 is 16.3 Å². The monoisotopic (exact) mass is 250 g/mol. The number of carbonyl (C=O) groups is 1. The van der Waals surface area contributed by atoms with Crippen molar-refractivity contribution >= 4 is 11.7 Å². The molecule has 0 spiro atoms. The molecule has 0 aliphatic rings. The van der Waals surface area contributed by atoms with Gasteiger partial charge in [-0.3, -0.25) is 9.78 Å². The first kappa shape index (κ1) is 14.0. The molecule has 18 heavy (non-hydrogen) atoms. The molecule has 1 heterocycles. The fourth-order valence-corrected chi connectivity index (χ4v) is 1.54. The fraction of sp³-hybridized carbons (Fsp3) is 0.417. The number of amidine groups is 1. The van der Waals surface area contributed by atoms with E-state index < -0.39 is 0 Å². The highest BCUT2D eigenvalue weighted by Crippen LogP contribution is 2.02. The van der Waals surface area contributed by atoms with Gasteiger partial charge in [0.1, 0.15) is 5.69 Å². The third-order valence-electron chi connectivity index (χ3n) is 2.50. The number of nitrogens with two attached hydrogens (primary N) is 1. The number of oxime groups is 1. The van der Waals surface area contributed by atoms with Gasteiger partial charge in [0.25, 0.3) is 5.91 Å². The van der Waals surface area contributed by atoms with E-state index >= 15 is 0 Å². The van der Waals surface area contributed by atoms with Crippen molar-refractivity contribution in [3.05, 3.63) is 29.6 Å². The summed E-state index contributed by atoms with van der Waals surface area (Å²) in [6, 6.07) is 3.25. The van der Waals surface area contributed by atoms with Gasteiger partial charge in [-0.1, -0.05) is 18.5 Å². The summed E-state index contributed by atoms with van der Waals surface area (Å²) >= 11 is 0. The molecule has 0 saturated carbocycles. The van der Waals surface area contributed by atoms with E-state index in [2.05, 4.69) is 22.4 Å². The Bertz CT molecular complexity index is 428. The Labute approximate surface area is 106 Å². The van der Waals surface area contributed by atoms with Crippen LogP contribution < -0.4 is 11.1 Å². The molecule has 1 aromatic rings. The van der Waals surface area contributed by atoms with Crippen LogP contribution in [0.25, 0.3) is 0 Å². The highest BCUT2D eigenvalue weighted by molar-refractivity contribution is 5.98. The highest BCUT2D eigenvalue weighted by atomic mass is 16.4. The molecular weight excluding hydrogens is 232 g/mol. The van der Waals surface area contributed by atoms with E-state index in [0.29, 0.717) is 11.3 Å². The van der Waals surface area contributed by atoms with Crippen LogP contribution in [0.5, 0.6) is 0 Å². The molecule has 1 rings (SSSR count). The van der Waals surface area contributed by atoms with Gasteiger partial charge in [0, 0.05) is 17.8 Å². The molecule has 0 aliphatic carbocycles. The van der Waals surface area contributed by atoms with Crippen LogP contribution in [0.15, 0.2) is 23.5 Å². The topological polar surface area (TPSA) is 101 Å². The minimum absolute atomic E-state index is 0.0335. The lowest BCUT2D eigenvalue weighted by Gasteiger charge is -2.12. The van der Waals surface area contributed by atoms with Gasteiger partial charge in [-0.15, -0.1) is 0 Å². The lowest BCUT2D eigenvalue weighted by molar-refractivity contribution is 0.0933. The van der Waals surface area contributed by atoms with Crippen LogP contribution in [0, 0.1) is 0 Å². The van der Waals surface area contributed by atoms with Crippen molar-refractivity contribution in [3.8, 4) is 0 Å². The summed E-state index contributed by atoms with van der Waals surface area (Å²) in [7, 11) is 0. The second-order valence-corrected chi connectivity index (χ2v) is 4.08. The van der Waals surface area contributed by atoms with Gasteiger partial charge in [-0.2, -0.15) is 0 Å². The summed E-state index contributed by atoms with van der Waals surface area (Å²) in [5, 5.41) is 14.2. The van der Waals surface area contributed by atoms with E-state index in [-0.39, 0.29) is 17.8 Å². The van der Waals surface area contributed by atoms with Crippen LogP contribution in [0.3, 0.4) is 0 Å². The maximum Gasteiger partial charge on any atom is 0.270 e. The molecule has 0 radical (unpaired) electrons. The zero-order valence-corrected chi connectivity index (χ0v) is 10.6. The number of carbonyl (C=O) groups excluding carboxylic acids is 1. The first-order chi connectivity index (χ1) is 8.58. The zero-order valence-electron chi connectivity index (χ0n) is 10.6. The van der Waals surface area contributed by atoms with Gasteiger partial charge in [0.2, 0.25) is 0 Å². The molecule has 1 unspecified atom stereocenters. The third-order valence-corrected chi connectivity index (χ3v) is 2.50. The second kappa shape index (κ2) is 6.58. The van der Waals surface area contributed by atoms with Gasteiger partial charge in [0.05, 0.1) is 0 Å². The quantitative estimate of drug-likeness (QED) is 0.315. The molecule has 6 nitrogen and oxygen atoms in total. The molecule has 1 aromatic heterocycles. The van der Waals surface area contributed by atoms with Gasteiger partial charge in [0.15, 0.2) is 5.84 Å². The maximum absolute atomic E-state index is 11.8. The SMILES string of the molecule is CCCC(C)NC(=O)c1ccc(C(N)=NO)cn1. The van der Waals surface area contributed by atoms with Crippen molar-refractivity contribution in [2.75, 3.05) is 0 Å². The number of pyridine rings is 1. The standard InChI is InChI=1S/C12H18N4O2/c1-3-4-8(2)15-12(17)10-6-5-9(7-14-10)11(13)16-18/h5-8,18H,3-4H2,1-2H3,(H2,13,16)(H,15,17). The fourth-order valence-electron chi connectivity index (χ4n) is 1.54. The maximum atomic E-state index is 11.8. The Hall–Kier alpha value is -2.11. The van der Waals surface area contributed by atoms with Crippen LogP contribution in [-0.2, 0) is 0 Å². The van der Waals surface area contributed by atoms with E-state index in [1.807, 2.05) is 6.92 Å². The molecule has 0 bridgehead atoms. The van der Waals surface area contributed by atoms with E-state index in [4.69, 9.17) is 10.9 Å². The summed E-state index contributed by atoms with van der Waals surface area (Å²) in [6.07, 6.45) is 3.33. The van der Waals surface area contributed by atoms with Crippen molar-refractivity contribution < 1.29 is 10.0 Å². The Balaban J connectivity index is 2.70. The number of rotatable bonds is 5. The molecule has 98 valence electrons. The molecule has 0 aliphatic heterocycles. The number of hydrogen-bond donors (Lipinski definition) is 3. The van der Waals surface area contributed by atoms with Gasteiger partial charge in [-0.05, 0) is 25.5 Å². The number of hydrogen-bond acceptors (Lipinski definition) is 4. The average Bonchev–Trinajstić information content (AvgIpc) is 2.38. The minimum atomic E-state index is -0.220. The Morgan fingerprint density at radius 1 is 1.61 bits per heavy atom. The van der Waals surface area contributed by atoms with Gasteiger partial charge >= 0.3 is 0 Å².